The first kappa shape index (κ1) is 18.1. The Balaban J connectivity index is 2.13. The number of ether oxygens (including phenoxy) is 1. The van der Waals surface area contributed by atoms with Crippen LogP contribution in [0.1, 0.15) is 22.8 Å². The summed E-state index contributed by atoms with van der Waals surface area (Å²) in [5.41, 5.74) is 0.999. The summed E-state index contributed by atoms with van der Waals surface area (Å²) in [5, 5.41) is 12.5. The normalized spacial score (nSPS) is 11.7. The zero-order valence-electron chi connectivity index (χ0n) is 13.0. The van der Waals surface area contributed by atoms with Gasteiger partial charge >= 0.3 is 5.97 Å². The van der Waals surface area contributed by atoms with Crippen molar-refractivity contribution in [1.29, 1.82) is 0 Å². The molecule has 1 atom stereocenters. The van der Waals surface area contributed by atoms with Crippen molar-refractivity contribution in [1.82, 2.24) is 0 Å². The lowest BCUT2D eigenvalue weighted by Crippen LogP contribution is -2.30. The molecule has 2 rings (SSSR count). The van der Waals surface area contributed by atoms with Crippen LogP contribution in [-0.2, 0) is 4.79 Å². The van der Waals surface area contributed by atoms with Gasteiger partial charge in [-0.25, -0.2) is 4.79 Å². The highest BCUT2D eigenvalue weighted by atomic mass is 35.5. The molecule has 0 aliphatic carbocycles. The summed E-state index contributed by atoms with van der Waals surface area (Å²) in [5.74, 6) is -1.30. The smallest absolute Gasteiger partial charge is 0.337 e. The van der Waals surface area contributed by atoms with E-state index in [2.05, 4.69) is 5.32 Å². The molecule has 5 nitrogen and oxygen atoms in total. The monoisotopic (exact) mass is 367 g/mol. The van der Waals surface area contributed by atoms with E-state index >= 15 is 0 Å². The van der Waals surface area contributed by atoms with E-state index in [1.165, 1.54) is 19.1 Å². The summed E-state index contributed by atoms with van der Waals surface area (Å²) in [4.78, 5) is 23.5. The molecule has 0 fully saturated rings. The van der Waals surface area contributed by atoms with Crippen LogP contribution in [0.5, 0.6) is 5.75 Å². The molecule has 0 bridgehead atoms. The van der Waals surface area contributed by atoms with Crippen LogP contribution in [0.25, 0.3) is 0 Å². The molecular weight excluding hydrogens is 353 g/mol. The van der Waals surface area contributed by atoms with Gasteiger partial charge in [0.25, 0.3) is 5.91 Å². The molecule has 0 heterocycles. The van der Waals surface area contributed by atoms with E-state index in [1.54, 1.807) is 31.2 Å². The molecule has 0 aromatic heterocycles. The summed E-state index contributed by atoms with van der Waals surface area (Å²) < 4.78 is 5.51. The molecule has 0 spiro atoms. The number of carbonyl (C=O) groups excluding carboxylic acids is 1. The second-order valence-corrected chi connectivity index (χ2v) is 6.02. The third kappa shape index (κ3) is 4.40. The second kappa shape index (κ2) is 7.55. The summed E-state index contributed by atoms with van der Waals surface area (Å²) in [6, 6.07) is 9.40. The van der Waals surface area contributed by atoms with Crippen molar-refractivity contribution in [2.75, 3.05) is 5.32 Å². The van der Waals surface area contributed by atoms with Crippen molar-refractivity contribution in [3.63, 3.8) is 0 Å². The van der Waals surface area contributed by atoms with E-state index in [-0.39, 0.29) is 16.3 Å². The van der Waals surface area contributed by atoms with Crippen molar-refractivity contribution in [2.45, 2.75) is 20.0 Å². The van der Waals surface area contributed by atoms with Crippen LogP contribution < -0.4 is 10.1 Å². The highest BCUT2D eigenvalue weighted by Crippen LogP contribution is 2.28. The molecule has 1 amide bonds. The molecule has 2 aromatic rings. The van der Waals surface area contributed by atoms with Gasteiger partial charge in [0.15, 0.2) is 6.10 Å². The van der Waals surface area contributed by atoms with Gasteiger partial charge in [-0.15, -0.1) is 0 Å². The fourth-order valence-electron chi connectivity index (χ4n) is 1.99. The van der Waals surface area contributed by atoms with E-state index in [0.717, 1.165) is 5.56 Å². The van der Waals surface area contributed by atoms with Crippen LogP contribution in [-0.4, -0.2) is 23.1 Å². The summed E-state index contributed by atoms with van der Waals surface area (Å²) in [7, 11) is 0. The number of hydrogen-bond donors (Lipinski definition) is 2. The van der Waals surface area contributed by atoms with Crippen molar-refractivity contribution < 1.29 is 19.4 Å². The number of amides is 1. The van der Waals surface area contributed by atoms with Gasteiger partial charge in [0.1, 0.15) is 5.75 Å². The highest BCUT2D eigenvalue weighted by Gasteiger charge is 2.19. The number of aromatic carboxylic acids is 1. The zero-order chi connectivity index (χ0) is 17.9. The number of benzene rings is 2. The third-order valence-corrected chi connectivity index (χ3v) is 3.76. The molecule has 0 unspecified atom stereocenters. The maximum absolute atomic E-state index is 12.3. The van der Waals surface area contributed by atoms with Crippen LogP contribution in [0.3, 0.4) is 0 Å². The first-order chi connectivity index (χ1) is 11.3. The lowest BCUT2D eigenvalue weighted by atomic mass is 10.1. The summed E-state index contributed by atoms with van der Waals surface area (Å²) >= 11 is 11.8. The SMILES string of the molecule is Cc1ccc(NC(=O)[C@H](C)Oc2ccc(Cl)cc2Cl)c(C(=O)O)c1. The van der Waals surface area contributed by atoms with Gasteiger partial charge in [-0.05, 0) is 44.2 Å². The average molecular weight is 368 g/mol. The summed E-state index contributed by atoms with van der Waals surface area (Å²) in [6.07, 6.45) is -0.883. The Morgan fingerprint density at radius 2 is 1.88 bits per heavy atom. The van der Waals surface area contributed by atoms with Crippen molar-refractivity contribution in [2.24, 2.45) is 0 Å². The van der Waals surface area contributed by atoms with E-state index in [0.29, 0.717) is 10.8 Å². The van der Waals surface area contributed by atoms with Crippen LogP contribution in [0, 0.1) is 6.92 Å². The van der Waals surface area contributed by atoms with Gasteiger partial charge in [-0.3, -0.25) is 4.79 Å². The molecule has 0 aliphatic rings. The lowest BCUT2D eigenvalue weighted by molar-refractivity contribution is -0.122. The number of carbonyl (C=O) groups is 2. The standard InChI is InChI=1S/C17H15Cl2NO4/c1-9-3-5-14(12(7-9)17(22)23)20-16(21)10(2)24-15-6-4-11(18)8-13(15)19/h3-8,10H,1-2H3,(H,20,21)(H,22,23)/t10-/m0/s1. The lowest BCUT2D eigenvalue weighted by Gasteiger charge is -2.16. The number of carboxylic acid groups (broad SMARTS) is 1. The van der Waals surface area contributed by atoms with Gasteiger partial charge in [-0.1, -0.05) is 34.8 Å². The number of rotatable bonds is 5. The Hall–Kier alpha value is -2.24. The molecule has 126 valence electrons. The Bertz CT molecular complexity index is 792. The molecular formula is C17H15Cl2NO4. The number of hydrogen-bond acceptors (Lipinski definition) is 3. The molecule has 0 aliphatic heterocycles. The highest BCUT2D eigenvalue weighted by molar-refractivity contribution is 6.35. The first-order valence-electron chi connectivity index (χ1n) is 7.04. The van der Waals surface area contributed by atoms with E-state index in [1.807, 2.05) is 0 Å². The number of halogens is 2. The second-order valence-electron chi connectivity index (χ2n) is 5.18. The van der Waals surface area contributed by atoms with Crippen LogP contribution >= 0.6 is 23.2 Å². The van der Waals surface area contributed by atoms with Crippen molar-refractivity contribution in [3.8, 4) is 5.75 Å². The largest absolute Gasteiger partial charge is 0.479 e. The molecule has 0 saturated carbocycles. The van der Waals surface area contributed by atoms with E-state index in [9.17, 15) is 14.7 Å². The molecule has 7 heteroatoms. The van der Waals surface area contributed by atoms with Crippen LogP contribution in [0.2, 0.25) is 10.0 Å². The zero-order valence-corrected chi connectivity index (χ0v) is 14.5. The minimum atomic E-state index is -1.12. The molecule has 2 N–H and O–H groups in total. The average Bonchev–Trinajstić information content (AvgIpc) is 2.51. The number of aryl methyl sites for hydroxylation is 1. The maximum atomic E-state index is 12.3. The van der Waals surface area contributed by atoms with Gasteiger partial charge < -0.3 is 15.2 Å². The fourth-order valence-corrected chi connectivity index (χ4v) is 2.45. The van der Waals surface area contributed by atoms with Crippen molar-refractivity contribution >= 4 is 40.8 Å². The van der Waals surface area contributed by atoms with Gasteiger partial charge in [0.2, 0.25) is 0 Å². The Kier molecular flexibility index (Phi) is 5.70. The quantitative estimate of drug-likeness (QED) is 0.820. The topological polar surface area (TPSA) is 75.6 Å². The van der Waals surface area contributed by atoms with Crippen LogP contribution in [0.4, 0.5) is 5.69 Å². The number of anilines is 1. The predicted octanol–water partition coefficient (Wildman–Crippen LogP) is 4.41. The van der Waals surface area contributed by atoms with Gasteiger partial charge in [0.05, 0.1) is 16.3 Å². The summed E-state index contributed by atoms with van der Waals surface area (Å²) in [6.45, 7) is 3.31. The van der Waals surface area contributed by atoms with E-state index < -0.39 is 18.0 Å². The minimum absolute atomic E-state index is 0.0140. The molecule has 0 radical (unpaired) electrons. The Morgan fingerprint density at radius 3 is 2.50 bits per heavy atom. The maximum Gasteiger partial charge on any atom is 0.337 e. The molecule has 2 aromatic carbocycles. The van der Waals surface area contributed by atoms with Crippen molar-refractivity contribution in [3.05, 3.63) is 57.6 Å². The van der Waals surface area contributed by atoms with E-state index in [4.69, 9.17) is 27.9 Å². The van der Waals surface area contributed by atoms with Gasteiger partial charge in [-0.2, -0.15) is 0 Å². The number of carboxylic acids is 1. The van der Waals surface area contributed by atoms with Crippen LogP contribution in [0.15, 0.2) is 36.4 Å². The van der Waals surface area contributed by atoms with Gasteiger partial charge in [0, 0.05) is 5.02 Å². The molecule has 0 saturated heterocycles. The Morgan fingerprint density at radius 1 is 1.17 bits per heavy atom. The minimum Gasteiger partial charge on any atom is -0.479 e. The predicted molar refractivity (Wildman–Crippen MR) is 93.3 cm³/mol. The third-order valence-electron chi connectivity index (χ3n) is 3.23. The fraction of sp³-hybridized carbons (Fsp3) is 0.176. The number of nitrogens with one attached hydrogen (secondary N) is 1. The Labute approximate surface area is 149 Å². The molecule has 24 heavy (non-hydrogen) atoms. The first-order valence-corrected chi connectivity index (χ1v) is 7.80.